The minimum atomic E-state index is 0. The van der Waals surface area contributed by atoms with Crippen molar-refractivity contribution in [1.29, 1.82) is 10.8 Å². The predicted molar refractivity (Wildman–Crippen MR) is 80.1 cm³/mol. The lowest BCUT2D eigenvalue weighted by Gasteiger charge is -2.07. The molecule has 0 aliphatic heterocycles. The van der Waals surface area contributed by atoms with Crippen molar-refractivity contribution in [3.05, 3.63) is 35.4 Å². The van der Waals surface area contributed by atoms with Crippen LogP contribution < -0.4 is 11.5 Å². The second-order valence-electron chi connectivity index (χ2n) is 3.07. The number of nitrogens with two attached hydrogens (primary N) is 2. The highest BCUT2D eigenvalue weighted by atomic mass is 35.5. The third-order valence-electron chi connectivity index (χ3n) is 1.88. The Morgan fingerprint density at radius 3 is 1.59 bits per heavy atom. The number of hydrogen-bond acceptors (Lipinski definition) is 4. The van der Waals surface area contributed by atoms with Crippen molar-refractivity contribution in [2.45, 2.75) is 11.5 Å². The van der Waals surface area contributed by atoms with Gasteiger partial charge in [-0.15, -0.1) is 12.4 Å². The summed E-state index contributed by atoms with van der Waals surface area (Å²) < 4.78 is 0. The Hall–Kier alpha value is -0.850. The average Bonchev–Trinajstić information content (AvgIpc) is 2.24. The van der Waals surface area contributed by atoms with Crippen LogP contribution in [0.5, 0.6) is 0 Å². The smallest absolute Gasteiger partial charge is 0.151 e. The first kappa shape index (κ1) is 16.1. The van der Waals surface area contributed by atoms with E-state index in [0.717, 1.165) is 11.1 Å². The van der Waals surface area contributed by atoms with E-state index in [2.05, 4.69) is 0 Å². The molecular weight excluding hydrogens is 276 g/mol. The van der Waals surface area contributed by atoms with Gasteiger partial charge in [0.05, 0.1) is 0 Å². The highest BCUT2D eigenvalue weighted by molar-refractivity contribution is 8.13. The van der Waals surface area contributed by atoms with E-state index in [1.165, 1.54) is 23.5 Å². The van der Waals surface area contributed by atoms with Gasteiger partial charge in [-0.05, 0) is 11.1 Å². The minimum Gasteiger partial charge on any atom is -0.379 e. The number of thioether (sulfide) groups is 2. The van der Waals surface area contributed by atoms with Gasteiger partial charge in [-0.2, -0.15) is 0 Å². The number of halogens is 1. The molecule has 0 fully saturated rings. The first-order valence-electron chi connectivity index (χ1n) is 4.60. The Labute approximate surface area is 115 Å². The van der Waals surface area contributed by atoms with Gasteiger partial charge in [0.1, 0.15) is 0 Å². The molecule has 0 aromatic heterocycles. The van der Waals surface area contributed by atoms with Gasteiger partial charge in [-0.1, -0.05) is 47.8 Å². The molecule has 0 heterocycles. The molecule has 0 aliphatic carbocycles. The molecule has 0 radical (unpaired) electrons. The second kappa shape index (κ2) is 8.27. The summed E-state index contributed by atoms with van der Waals surface area (Å²) in [5.41, 5.74) is 12.9. The Bertz CT molecular complexity index is 361. The molecule has 0 bridgehead atoms. The van der Waals surface area contributed by atoms with Crippen LogP contribution in [0.2, 0.25) is 0 Å². The molecule has 6 N–H and O–H groups in total. The lowest BCUT2D eigenvalue weighted by atomic mass is 10.1. The van der Waals surface area contributed by atoms with Crippen molar-refractivity contribution < 1.29 is 0 Å². The fourth-order valence-electron chi connectivity index (χ4n) is 1.15. The summed E-state index contributed by atoms with van der Waals surface area (Å²) in [5, 5.41) is 14.6. The van der Waals surface area contributed by atoms with Gasteiger partial charge in [0.25, 0.3) is 0 Å². The topological polar surface area (TPSA) is 99.7 Å². The van der Waals surface area contributed by atoms with Crippen LogP contribution in [0, 0.1) is 10.8 Å². The summed E-state index contributed by atoms with van der Waals surface area (Å²) in [6.07, 6.45) is 0. The van der Waals surface area contributed by atoms with Gasteiger partial charge < -0.3 is 11.5 Å². The molecule has 0 aliphatic rings. The van der Waals surface area contributed by atoms with Crippen molar-refractivity contribution in [2.24, 2.45) is 11.5 Å². The fraction of sp³-hybridized carbons (Fsp3) is 0.200. The molecule has 0 spiro atoms. The monoisotopic (exact) mass is 290 g/mol. The Morgan fingerprint density at radius 1 is 0.941 bits per heavy atom. The quantitative estimate of drug-likeness (QED) is 0.505. The average molecular weight is 291 g/mol. The summed E-state index contributed by atoms with van der Waals surface area (Å²) in [7, 11) is 0. The van der Waals surface area contributed by atoms with Crippen LogP contribution in [0.1, 0.15) is 11.1 Å². The standard InChI is InChI=1S/C10H14N4S2.ClH/c11-9(12)15-5-7-3-1-2-4-8(7)6-16-10(13)14;/h1-4H,5-6H2,(H3,11,12)(H3,13,14);1H. The summed E-state index contributed by atoms with van der Waals surface area (Å²) in [6, 6.07) is 7.92. The van der Waals surface area contributed by atoms with Crippen LogP contribution in [0.25, 0.3) is 0 Å². The summed E-state index contributed by atoms with van der Waals surface area (Å²) >= 11 is 2.60. The second-order valence-corrected chi connectivity index (χ2v) is 5.11. The molecule has 0 amide bonds. The first-order valence-corrected chi connectivity index (χ1v) is 6.57. The molecule has 0 saturated heterocycles. The molecule has 7 heteroatoms. The van der Waals surface area contributed by atoms with E-state index in [1.807, 2.05) is 24.3 Å². The number of benzene rings is 1. The van der Waals surface area contributed by atoms with Crippen LogP contribution in [0.15, 0.2) is 24.3 Å². The summed E-state index contributed by atoms with van der Waals surface area (Å²) in [6.45, 7) is 0. The third kappa shape index (κ3) is 6.45. The maximum absolute atomic E-state index is 7.17. The maximum Gasteiger partial charge on any atom is 0.151 e. The van der Waals surface area contributed by atoms with E-state index in [4.69, 9.17) is 22.3 Å². The lowest BCUT2D eigenvalue weighted by molar-refractivity contribution is 1.29. The van der Waals surface area contributed by atoms with Crippen LogP contribution in [0.3, 0.4) is 0 Å². The van der Waals surface area contributed by atoms with Gasteiger partial charge in [-0.3, -0.25) is 10.8 Å². The third-order valence-corrected chi connectivity index (χ3v) is 3.42. The number of rotatable bonds is 4. The molecule has 0 atom stereocenters. The summed E-state index contributed by atoms with van der Waals surface area (Å²) in [4.78, 5) is 0. The van der Waals surface area contributed by atoms with Gasteiger partial charge in [0, 0.05) is 11.5 Å². The van der Waals surface area contributed by atoms with Crippen molar-refractivity contribution in [3.8, 4) is 0 Å². The number of hydrogen-bond donors (Lipinski definition) is 4. The molecule has 1 aromatic rings. The zero-order chi connectivity index (χ0) is 12.0. The highest BCUT2D eigenvalue weighted by Gasteiger charge is 2.03. The van der Waals surface area contributed by atoms with Crippen molar-refractivity contribution in [2.75, 3.05) is 0 Å². The maximum atomic E-state index is 7.17. The number of nitrogens with one attached hydrogen (secondary N) is 2. The van der Waals surface area contributed by atoms with Crippen molar-refractivity contribution in [1.82, 2.24) is 0 Å². The minimum absolute atomic E-state index is 0. The molecular formula is C10H15ClN4S2. The van der Waals surface area contributed by atoms with Gasteiger partial charge >= 0.3 is 0 Å². The van der Waals surface area contributed by atoms with E-state index in [1.54, 1.807) is 0 Å². The summed E-state index contributed by atoms with van der Waals surface area (Å²) in [5.74, 6) is 1.37. The van der Waals surface area contributed by atoms with Crippen LogP contribution >= 0.6 is 35.9 Å². The predicted octanol–water partition coefficient (Wildman–Crippen LogP) is 2.36. The Kier molecular flexibility index (Phi) is 7.86. The largest absolute Gasteiger partial charge is 0.379 e. The normalized spacial score (nSPS) is 9.41. The van der Waals surface area contributed by atoms with Crippen molar-refractivity contribution >= 4 is 46.3 Å². The van der Waals surface area contributed by atoms with E-state index in [0.29, 0.717) is 11.5 Å². The molecule has 94 valence electrons. The Morgan fingerprint density at radius 2 is 1.29 bits per heavy atom. The van der Waals surface area contributed by atoms with Crippen LogP contribution in [-0.2, 0) is 11.5 Å². The van der Waals surface area contributed by atoms with E-state index in [-0.39, 0.29) is 22.7 Å². The van der Waals surface area contributed by atoms with Gasteiger partial charge in [0.15, 0.2) is 10.3 Å². The van der Waals surface area contributed by atoms with E-state index in [9.17, 15) is 0 Å². The zero-order valence-electron chi connectivity index (χ0n) is 9.10. The Balaban J connectivity index is 0.00000256. The lowest BCUT2D eigenvalue weighted by Crippen LogP contribution is -2.06. The highest BCUT2D eigenvalue weighted by Crippen LogP contribution is 2.20. The fourth-order valence-corrected chi connectivity index (χ4v) is 2.34. The molecule has 4 nitrogen and oxygen atoms in total. The molecule has 1 rings (SSSR count). The molecule has 1 aromatic carbocycles. The van der Waals surface area contributed by atoms with E-state index < -0.39 is 0 Å². The molecule has 0 saturated carbocycles. The zero-order valence-corrected chi connectivity index (χ0v) is 11.6. The van der Waals surface area contributed by atoms with Crippen LogP contribution in [-0.4, -0.2) is 10.3 Å². The van der Waals surface area contributed by atoms with Gasteiger partial charge in [-0.25, -0.2) is 0 Å². The van der Waals surface area contributed by atoms with E-state index >= 15 is 0 Å². The number of amidine groups is 2. The molecule has 0 unspecified atom stereocenters. The van der Waals surface area contributed by atoms with Crippen molar-refractivity contribution in [3.63, 3.8) is 0 Å². The molecule has 17 heavy (non-hydrogen) atoms. The first-order chi connectivity index (χ1) is 7.59. The SMILES string of the molecule is Cl.N=C(N)SCc1ccccc1CSC(=N)N. The van der Waals surface area contributed by atoms with Gasteiger partial charge in [0.2, 0.25) is 0 Å². The van der Waals surface area contributed by atoms with Crippen LogP contribution in [0.4, 0.5) is 0 Å².